The van der Waals surface area contributed by atoms with Crippen LogP contribution in [0, 0.1) is 5.92 Å². The lowest BCUT2D eigenvalue weighted by atomic mass is 10.1. The maximum atomic E-state index is 12.3. The smallest absolute Gasteiger partial charge is 0.227 e. The van der Waals surface area contributed by atoms with Gasteiger partial charge in [-0.25, -0.2) is 0 Å². The number of phenolic OH excluding ortho intramolecular Hbond substituents is 1. The van der Waals surface area contributed by atoms with Crippen LogP contribution in [-0.2, 0) is 11.2 Å². The third kappa shape index (κ3) is 3.25. The number of benzene rings is 1. The van der Waals surface area contributed by atoms with E-state index in [1.54, 1.807) is 12.1 Å². The van der Waals surface area contributed by atoms with Gasteiger partial charge in [-0.2, -0.15) is 0 Å². The van der Waals surface area contributed by atoms with Crippen molar-refractivity contribution in [3.8, 4) is 5.75 Å². The van der Waals surface area contributed by atoms with Gasteiger partial charge in [0.25, 0.3) is 0 Å². The molecule has 0 spiro atoms. The van der Waals surface area contributed by atoms with Gasteiger partial charge in [0.15, 0.2) is 0 Å². The number of para-hydroxylation sites is 1. The maximum absolute atomic E-state index is 12.3. The number of hydrogen-bond donors (Lipinski definition) is 1. The highest BCUT2D eigenvalue weighted by Gasteiger charge is 2.32. The fraction of sp³-hybridized carbons (Fsp3) is 0.533. The second-order valence-corrected chi connectivity index (χ2v) is 5.48. The van der Waals surface area contributed by atoms with E-state index in [9.17, 15) is 9.90 Å². The number of rotatable bonds is 5. The van der Waals surface area contributed by atoms with Gasteiger partial charge in [0.05, 0.1) is 6.42 Å². The van der Waals surface area contributed by atoms with Crippen LogP contribution in [0.2, 0.25) is 0 Å². The summed E-state index contributed by atoms with van der Waals surface area (Å²) in [7, 11) is 0. The van der Waals surface area contributed by atoms with Crippen molar-refractivity contribution in [3.05, 3.63) is 29.8 Å². The summed E-state index contributed by atoms with van der Waals surface area (Å²) in [6.45, 7) is 5.07. The second-order valence-electron chi connectivity index (χ2n) is 5.48. The van der Waals surface area contributed by atoms with Crippen LogP contribution in [0.3, 0.4) is 0 Å². The summed E-state index contributed by atoms with van der Waals surface area (Å²) in [6.07, 6.45) is 2.55. The van der Waals surface area contributed by atoms with Crippen LogP contribution < -0.4 is 0 Å². The third-order valence-electron chi connectivity index (χ3n) is 3.20. The highest BCUT2D eigenvalue weighted by atomic mass is 16.3. The van der Waals surface area contributed by atoms with Gasteiger partial charge >= 0.3 is 0 Å². The minimum Gasteiger partial charge on any atom is -0.508 e. The Labute approximate surface area is 108 Å². The Balaban J connectivity index is 2.03. The van der Waals surface area contributed by atoms with Crippen LogP contribution in [0.15, 0.2) is 24.3 Å². The monoisotopic (exact) mass is 247 g/mol. The maximum Gasteiger partial charge on any atom is 0.227 e. The molecule has 0 radical (unpaired) electrons. The Morgan fingerprint density at radius 2 is 2.06 bits per heavy atom. The zero-order valence-corrected chi connectivity index (χ0v) is 11.1. The van der Waals surface area contributed by atoms with Gasteiger partial charge in [-0.05, 0) is 24.8 Å². The molecule has 1 amide bonds. The number of hydrogen-bond acceptors (Lipinski definition) is 2. The number of phenols is 1. The van der Waals surface area contributed by atoms with E-state index in [1.807, 2.05) is 17.0 Å². The summed E-state index contributed by atoms with van der Waals surface area (Å²) in [5.74, 6) is 0.831. The lowest BCUT2D eigenvalue weighted by molar-refractivity contribution is -0.131. The average Bonchev–Trinajstić information content (AvgIpc) is 3.12. The Hall–Kier alpha value is -1.51. The first-order valence-corrected chi connectivity index (χ1v) is 6.64. The molecule has 1 aromatic carbocycles. The van der Waals surface area contributed by atoms with Crippen LogP contribution in [0.1, 0.15) is 32.3 Å². The summed E-state index contributed by atoms with van der Waals surface area (Å²) in [5.41, 5.74) is 0.719. The zero-order chi connectivity index (χ0) is 13.1. The fourth-order valence-electron chi connectivity index (χ4n) is 2.16. The average molecular weight is 247 g/mol. The molecule has 1 aliphatic carbocycles. The molecule has 98 valence electrons. The van der Waals surface area contributed by atoms with Crippen molar-refractivity contribution in [2.24, 2.45) is 5.92 Å². The van der Waals surface area contributed by atoms with E-state index in [0.717, 1.165) is 24.9 Å². The molecule has 1 N–H and O–H groups in total. The summed E-state index contributed by atoms with van der Waals surface area (Å²) < 4.78 is 0. The second kappa shape index (κ2) is 5.42. The molecule has 0 aromatic heterocycles. The first-order chi connectivity index (χ1) is 8.58. The first-order valence-electron chi connectivity index (χ1n) is 6.64. The fourth-order valence-corrected chi connectivity index (χ4v) is 2.16. The van der Waals surface area contributed by atoms with Gasteiger partial charge < -0.3 is 10.0 Å². The lowest BCUT2D eigenvalue weighted by Gasteiger charge is -2.24. The van der Waals surface area contributed by atoms with Crippen LogP contribution in [-0.4, -0.2) is 28.5 Å². The van der Waals surface area contributed by atoms with Crippen molar-refractivity contribution in [1.29, 1.82) is 0 Å². The molecular formula is C15H21NO2. The summed E-state index contributed by atoms with van der Waals surface area (Å²) in [4.78, 5) is 14.3. The third-order valence-corrected chi connectivity index (χ3v) is 3.20. The Bertz CT molecular complexity index is 424. The molecule has 0 unspecified atom stereocenters. The van der Waals surface area contributed by atoms with Gasteiger partial charge in [0, 0.05) is 18.2 Å². The van der Waals surface area contributed by atoms with E-state index in [4.69, 9.17) is 0 Å². The van der Waals surface area contributed by atoms with E-state index in [-0.39, 0.29) is 11.7 Å². The molecule has 0 aliphatic heterocycles. The van der Waals surface area contributed by atoms with Crippen molar-refractivity contribution >= 4 is 5.91 Å². The molecular weight excluding hydrogens is 226 g/mol. The molecule has 0 heterocycles. The minimum atomic E-state index is 0.132. The Morgan fingerprint density at radius 1 is 1.39 bits per heavy atom. The summed E-state index contributed by atoms with van der Waals surface area (Å²) >= 11 is 0. The van der Waals surface area contributed by atoms with Crippen molar-refractivity contribution < 1.29 is 9.90 Å². The molecule has 1 fully saturated rings. The predicted octanol–water partition coefficient (Wildman–Crippen LogP) is 2.58. The molecule has 0 atom stereocenters. The van der Waals surface area contributed by atoms with Crippen molar-refractivity contribution in [2.45, 2.75) is 39.2 Å². The van der Waals surface area contributed by atoms with Crippen LogP contribution in [0.25, 0.3) is 0 Å². The van der Waals surface area contributed by atoms with Crippen LogP contribution >= 0.6 is 0 Å². The molecule has 2 rings (SSSR count). The Morgan fingerprint density at radius 3 is 2.61 bits per heavy atom. The van der Waals surface area contributed by atoms with E-state index in [0.29, 0.717) is 18.4 Å². The zero-order valence-electron chi connectivity index (χ0n) is 11.1. The van der Waals surface area contributed by atoms with E-state index < -0.39 is 0 Å². The number of carbonyl (C=O) groups excluding carboxylic acids is 1. The number of carbonyl (C=O) groups is 1. The van der Waals surface area contributed by atoms with E-state index in [1.165, 1.54) is 0 Å². The number of amides is 1. The largest absolute Gasteiger partial charge is 0.508 e. The SMILES string of the molecule is CC(C)CN(C(=O)Cc1ccccc1O)C1CC1. The van der Waals surface area contributed by atoms with Crippen molar-refractivity contribution in [2.75, 3.05) is 6.54 Å². The van der Waals surface area contributed by atoms with Gasteiger partial charge in [0.2, 0.25) is 5.91 Å². The summed E-state index contributed by atoms with van der Waals surface area (Å²) in [6, 6.07) is 7.51. The highest BCUT2D eigenvalue weighted by molar-refractivity contribution is 5.80. The predicted molar refractivity (Wildman–Crippen MR) is 71.4 cm³/mol. The van der Waals surface area contributed by atoms with Gasteiger partial charge in [-0.3, -0.25) is 4.79 Å². The molecule has 0 bridgehead atoms. The van der Waals surface area contributed by atoms with Crippen LogP contribution in [0.4, 0.5) is 0 Å². The number of aromatic hydroxyl groups is 1. The van der Waals surface area contributed by atoms with E-state index >= 15 is 0 Å². The molecule has 3 nitrogen and oxygen atoms in total. The molecule has 1 aliphatic rings. The van der Waals surface area contributed by atoms with Crippen molar-refractivity contribution in [3.63, 3.8) is 0 Å². The lowest BCUT2D eigenvalue weighted by Crippen LogP contribution is -2.37. The quantitative estimate of drug-likeness (QED) is 0.868. The van der Waals surface area contributed by atoms with E-state index in [2.05, 4.69) is 13.8 Å². The minimum absolute atomic E-state index is 0.132. The molecule has 18 heavy (non-hydrogen) atoms. The number of nitrogens with zero attached hydrogens (tertiary/aromatic N) is 1. The van der Waals surface area contributed by atoms with Gasteiger partial charge in [0.1, 0.15) is 5.75 Å². The first kappa shape index (κ1) is 12.9. The van der Waals surface area contributed by atoms with Gasteiger partial charge in [-0.1, -0.05) is 32.0 Å². The van der Waals surface area contributed by atoms with Crippen LogP contribution in [0.5, 0.6) is 5.75 Å². The molecule has 3 heteroatoms. The highest BCUT2D eigenvalue weighted by Crippen LogP contribution is 2.29. The molecule has 1 aromatic rings. The standard InChI is InChI=1S/C15H21NO2/c1-11(2)10-16(13-7-8-13)15(18)9-12-5-3-4-6-14(12)17/h3-6,11,13,17H,7-10H2,1-2H3. The summed E-state index contributed by atoms with van der Waals surface area (Å²) in [5, 5.41) is 9.71. The Kier molecular flexibility index (Phi) is 3.90. The molecule has 0 saturated heterocycles. The normalized spacial score (nSPS) is 14.8. The van der Waals surface area contributed by atoms with Crippen molar-refractivity contribution in [1.82, 2.24) is 4.90 Å². The molecule has 1 saturated carbocycles. The van der Waals surface area contributed by atoms with Gasteiger partial charge in [-0.15, -0.1) is 0 Å². The topological polar surface area (TPSA) is 40.5 Å².